The smallest absolute Gasteiger partial charge is 0.343 e. The molecule has 0 aliphatic rings. The Hall–Kier alpha value is -1.44. The summed E-state index contributed by atoms with van der Waals surface area (Å²) in [6.07, 6.45) is 3.74. The third-order valence-electron chi connectivity index (χ3n) is 2.37. The number of carbonyl (C=O) groups excluding carboxylic acids is 2. The van der Waals surface area contributed by atoms with Crippen LogP contribution in [-0.4, -0.2) is 42.4 Å². The maximum atomic E-state index is 11.9. The third-order valence-corrected chi connectivity index (χ3v) is 3.18. The Labute approximate surface area is 124 Å². The van der Waals surface area contributed by atoms with Crippen molar-refractivity contribution in [3.63, 3.8) is 0 Å². The average Bonchev–Trinajstić information content (AvgIpc) is 2.44. The minimum atomic E-state index is -0.674. The van der Waals surface area contributed by atoms with E-state index in [1.807, 2.05) is 6.92 Å². The number of amidine groups is 1. The number of unbranched alkanes of at least 4 members (excludes halogenated alkanes) is 2. The van der Waals surface area contributed by atoms with Gasteiger partial charge in [0.15, 0.2) is 0 Å². The molecule has 0 aromatic rings. The molecule has 0 bridgehead atoms. The van der Waals surface area contributed by atoms with Crippen LogP contribution in [0.15, 0.2) is 0 Å². The van der Waals surface area contributed by atoms with Gasteiger partial charge in [-0.1, -0.05) is 26.7 Å². The highest BCUT2D eigenvalue weighted by molar-refractivity contribution is 7.97. The van der Waals surface area contributed by atoms with Crippen molar-refractivity contribution in [2.24, 2.45) is 0 Å². The highest BCUT2D eigenvalue weighted by Crippen LogP contribution is 2.03. The van der Waals surface area contributed by atoms with Crippen LogP contribution >= 0.6 is 11.9 Å². The molecule has 0 radical (unpaired) electrons. The van der Waals surface area contributed by atoms with Crippen molar-refractivity contribution in [2.75, 3.05) is 19.4 Å². The molecule has 0 atom stereocenters. The van der Waals surface area contributed by atoms with Crippen molar-refractivity contribution in [2.45, 2.75) is 39.5 Å². The van der Waals surface area contributed by atoms with E-state index in [-0.39, 0.29) is 0 Å². The maximum absolute atomic E-state index is 11.9. The molecule has 7 nitrogen and oxygen atoms in total. The van der Waals surface area contributed by atoms with Crippen LogP contribution in [0.2, 0.25) is 0 Å². The summed E-state index contributed by atoms with van der Waals surface area (Å²) < 4.78 is 7.19. The SMILES string of the molecule is CCCCNC(=O)N(C(=N)OC)C(=O)NSCCCC. The van der Waals surface area contributed by atoms with Gasteiger partial charge in [0.2, 0.25) is 0 Å². The summed E-state index contributed by atoms with van der Waals surface area (Å²) in [5.41, 5.74) is 0. The first kappa shape index (κ1) is 18.6. The Bertz CT molecular complexity index is 326. The summed E-state index contributed by atoms with van der Waals surface area (Å²) in [5.74, 6) is 0.758. The second kappa shape index (κ2) is 11.4. The van der Waals surface area contributed by atoms with E-state index in [0.29, 0.717) is 11.4 Å². The quantitative estimate of drug-likeness (QED) is 0.291. The predicted octanol–water partition coefficient (Wildman–Crippen LogP) is 2.54. The highest BCUT2D eigenvalue weighted by atomic mass is 32.2. The van der Waals surface area contributed by atoms with E-state index in [4.69, 9.17) is 5.41 Å². The monoisotopic (exact) mass is 304 g/mol. The van der Waals surface area contributed by atoms with Crippen LogP contribution in [0.5, 0.6) is 0 Å². The van der Waals surface area contributed by atoms with Crippen molar-refractivity contribution >= 4 is 30.0 Å². The molecule has 4 amide bonds. The molecular weight excluding hydrogens is 280 g/mol. The summed E-state index contributed by atoms with van der Waals surface area (Å²) in [6, 6.07) is -1.83. The lowest BCUT2D eigenvalue weighted by atomic mass is 10.3. The first-order valence-electron chi connectivity index (χ1n) is 6.70. The molecule has 116 valence electrons. The summed E-state index contributed by atoms with van der Waals surface area (Å²) in [4.78, 5) is 24.4. The van der Waals surface area contributed by atoms with Crippen molar-refractivity contribution in [1.29, 1.82) is 5.41 Å². The first-order chi connectivity index (χ1) is 9.58. The molecule has 0 aliphatic carbocycles. The van der Waals surface area contributed by atoms with Gasteiger partial charge in [-0.25, -0.2) is 9.59 Å². The number of carbonyl (C=O) groups is 2. The Morgan fingerprint density at radius 2 is 1.85 bits per heavy atom. The molecule has 0 spiro atoms. The number of hydrogen-bond acceptors (Lipinski definition) is 5. The minimum absolute atomic E-state index is 0.457. The fourth-order valence-corrected chi connectivity index (χ4v) is 1.94. The van der Waals surface area contributed by atoms with E-state index >= 15 is 0 Å². The van der Waals surface area contributed by atoms with Crippen molar-refractivity contribution in [3.05, 3.63) is 0 Å². The number of nitrogens with one attached hydrogen (secondary N) is 3. The van der Waals surface area contributed by atoms with E-state index in [1.165, 1.54) is 19.1 Å². The van der Waals surface area contributed by atoms with Gasteiger partial charge in [0.1, 0.15) is 0 Å². The summed E-state index contributed by atoms with van der Waals surface area (Å²) in [5, 5.41) is 10.1. The van der Waals surface area contributed by atoms with Gasteiger partial charge < -0.3 is 10.1 Å². The number of urea groups is 2. The molecule has 0 saturated carbocycles. The lowest BCUT2D eigenvalue weighted by molar-refractivity contribution is 0.197. The average molecular weight is 304 g/mol. The molecule has 0 unspecified atom stereocenters. The molecule has 0 aliphatic heterocycles. The topological polar surface area (TPSA) is 94.5 Å². The van der Waals surface area contributed by atoms with Crippen LogP contribution in [0.1, 0.15) is 39.5 Å². The second-order valence-electron chi connectivity index (χ2n) is 4.04. The van der Waals surface area contributed by atoms with Gasteiger partial charge in [-0.15, -0.1) is 0 Å². The zero-order valence-corrected chi connectivity index (χ0v) is 13.1. The standard InChI is InChI=1S/C12H24N4O3S/c1-4-6-8-14-11(17)16(10(13)19-3)12(18)15-20-9-7-5-2/h13H,4-9H2,1-3H3,(H,14,17)(H,15,18). The van der Waals surface area contributed by atoms with Gasteiger partial charge in [-0.2, -0.15) is 4.90 Å². The molecule has 3 N–H and O–H groups in total. The second-order valence-corrected chi connectivity index (χ2v) is 4.94. The van der Waals surface area contributed by atoms with E-state index in [0.717, 1.165) is 31.4 Å². The Kier molecular flexibility index (Phi) is 10.6. The molecule has 0 aromatic carbocycles. The van der Waals surface area contributed by atoms with Crippen molar-refractivity contribution < 1.29 is 14.3 Å². The first-order valence-corrected chi connectivity index (χ1v) is 7.69. The maximum Gasteiger partial charge on any atom is 0.343 e. The number of imide groups is 1. The molecule has 0 saturated heterocycles. The van der Waals surface area contributed by atoms with Crippen molar-refractivity contribution in [1.82, 2.24) is 14.9 Å². The van der Waals surface area contributed by atoms with Crippen molar-refractivity contribution in [3.8, 4) is 0 Å². The summed E-state index contributed by atoms with van der Waals surface area (Å²) in [6.45, 7) is 4.51. The predicted molar refractivity (Wildman–Crippen MR) is 80.8 cm³/mol. The number of ether oxygens (including phenoxy) is 1. The minimum Gasteiger partial charge on any atom is -0.468 e. The van der Waals surface area contributed by atoms with Crippen LogP contribution in [0.3, 0.4) is 0 Å². The fourth-order valence-electron chi connectivity index (χ4n) is 1.19. The summed E-state index contributed by atoms with van der Waals surface area (Å²) >= 11 is 1.21. The van der Waals surface area contributed by atoms with Gasteiger partial charge >= 0.3 is 18.1 Å². The van der Waals surface area contributed by atoms with E-state index < -0.39 is 18.1 Å². The zero-order valence-electron chi connectivity index (χ0n) is 12.3. The molecule has 0 fully saturated rings. The zero-order chi connectivity index (χ0) is 15.4. The van der Waals surface area contributed by atoms with Crippen LogP contribution in [-0.2, 0) is 4.74 Å². The Balaban J connectivity index is 4.42. The lowest BCUT2D eigenvalue weighted by Gasteiger charge is -2.20. The normalized spacial score (nSPS) is 9.75. The van der Waals surface area contributed by atoms with Crippen LogP contribution in [0.4, 0.5) is 9.59 Å². The Morgan fingerprint density at radius 3 is 2.40 bits per heavy atom. The largest absolute Gasteiger partial charge is 0.468 e. The third kappa shape index (κ3) is 7.22. The van der Waals surface area contributed by atoms with Gasteiger partial charge in [0.25, 0.3) is 0 Å². The van der Waals surface area contributed by atoms with Crippen LogP contribution in [0.25, 0.3) is 0 Å². The van der Waals surface area contributed by atoms with Crippen LogP contribution < -0.4 is 10.0 Å². The number of amides is 4. The van der Waals surface area contributed by atoms with E-state index in [9.17, 15) is 9.59 Å². The van der Waals surface area contributed by atoms with E-state index in [1.54, 1.807) is 0 Å². The van der Waals surface area contributed by atoms with Gasteiger partial charge in [0.05, 0.1) is 7.11 Å². The molecule has 20 heavy (non-hydrogen) atoms. The fraction of sp³-hybridized carbons (Fsp3) is 0.750. The molecule has 0 rings (SSSR count). The molecule has 0 heterocycles. The van der Waals surface area contributed by atoms with Gasteiger partial charge in [-0.05, 0) is 24.8 Å². The number of methoxy groups -OCH3 is 1. The molecule has 8 heteroatoms. The highest BCUT2D eigenvalue weighted by Gasteiger charge is 2.26. The molecular formula is C12H24N4O3S. The van der Waals surface area contributed by atoms with Gasteiger partial charge in [-0.3, -0.25) is 10.1 Å². The number of nitrogens with zero attached hydrogens (tertiary/aromatic N) is 1. The van der Waals surface area contributed by atoms with Crippen LogP contribution in [0, 0.1) is 5.41 Å². The summed E-state index contributed by atoms with van der Waals surface area (Å²) in [7, 11) is 1.24. The Morgan fingerprint density at radius 1 is 1.20 bits per heavy atom. The number of hydrogen-bond donors (Lipinski definition) is 3. The lowest BCUT2D eigenvalue weighted by Crippen LogP contribution is -2.50. The van der Waals surface area contributed by atoms with E-state index in [2.05, 4.69) is 21.7 Å². The van der Waals surface area contributed by atoms with Gasteiger partial charge in [0, 0.05) is 12.3 Å². The molecule has 0 aromatic heterocycles. The number of rotatable bonds is 7.